The summed E-state index contributed by atoms with van der Waals surface area (Å²) in [6.07, 6.45) is -4.19. The largest absolute Gasteiger partial charge is 0.573 e. The van der Waals surface area contributed by atoms with Crippen molar-refractivity contribution in [1.82, 2.24) is 9.97 Å². The van der Waals surface area contributed by atoms with Gasteiger partial charge in [0.2, 0.25) is 0 Å². The summed E-state index contributed by atoms with van der Waals surface area (Å²) in [5, 5.41) is 0. The molecule has 0 fully saturated rings. The molecule has 0 spiro atoms. The number of aromatic nitrogens is 2. The Balaban J connectivity index is 2.51. The fourth-order valence-electron chi connectivity index (χ4n) is 1.74. The number of aryl methyl sites for hydroxylation is 1. The minimum atomic E-state index is -4.78. The standard InChI is InChI=1S/C13H13F3N4O/c1-2-8-7-11(20-17)19-12(18-8)9-5-3-4-6-10(9)21-13(14,15)16/h3-7H,2,17H2,1H3,(H,18,19,20). The summed E-state index contributed by atoms with van der Waals surface area (Å²) in [7, 11) is 0. The molecule has 21 heavy (non-hydrogen) atoms. The van der Waals surface area contributed by atoms with Crippen molar-refractivity contribution in [2.24, 2.45) is 5.84 Å². The molecule has 0 atom stereocenters. The van der Waals surface area contributed by atoms with E-state index in [9.17, 15) is 13.2 Å². The Bertz CT molecular complexity index is 609. The van der Waals surface area contributed by atoms with Crippen LogP contribution in [0, 0.1) is 0 Å². The Hall–Kier alpha value is -2.35. The number of hydrazine groups is 1. The first-order chi connectivity index (χ1) is 9.93. The normalized spacial score (nSPS) is 11.3. The maximum absolute atomic E-state index is 12.4. The number of hydrogen-bond acceptors (Lipinski definition) is 5. The Morgan fingerprint density at radius 3 is 2.57 bits per heavy atom. The lowest BCUT2D eigenvalue weighted by Gasteiger charge is -2.13. The van der Waals surface area contributed by atoms with Gasteiger partial charge in [-0.1, -0.05) is 19.1 Å². The first-order valence-electron chi connectivity index (χ1n) is 6.12. The van der Waals surface area contributed by atoms with Gasteiger partial charge in [0, 0.05) is 11.8 Å². The summed E-state index contributed by atoms with van der Waals surface area (Å²) in [6, 6.07) is 7.31. The molecule has 3 N–H and O–H groups in total. The molecule has 1 aromatic heterocycles. The highest BCUT2D eigenvalue weighted by atomic mass is 19.4. The van der Waals surface area contributed by atoms with E-state index in [0.717, 1.165) is 0 Å². The molecule has 1 heterocycles. The number of hydrogen-bond donors (Lipinski definition) is 2. The molecule has 2 rings (SSSR count). The first-order valence-corrected chi connectivity index (χ1v) is 6.12. The van der Waals surface area contributed by atoms with Crippen molar-refractivity contribution in [1.29, 1.82) is 0 Å². The molecule has 8 heteroatoms. The Labute approximate surface area is 118 Å². The molecule has 0 saturated carbocycles. The van der Waals surface area contributed by atoms with Crippen LogP contribution in [0.5, 0.6) is 5.75 Å². The van der Waals surface area contributed by atoms with Crippen molar-refractivity contribution >= 4 is 5.82 Å². The van der Waals surface area contributed by atoms with Gasteiger partial charge in [0.15, 0.2) is 5.82 Å². The molecular formula is C13H13F3N4O. The highest BCUT2D eigenvalue weighted by molar-refractivity contribution is 5.65. The lowest BCUT2D eigenvalue weighted by Crippen LogP contribution is -2.18. The van der Waals surface area contributed by atoms with Gasteiger partial charge in [-0.05, 0) is 18.6 Å². The zero-order valence-corrected chi connectivity index (χ0v) is 11.1. The number of halogens is 3. The molecular weight excluding hydrogens is 285 g/mol. The predicted molar refractivity (Wildman–Crippen MR) is 71.3 cm³/mol. The van der Waals surface area contributed by atoms with E-state index in [4.69, 9.17) is 5.84 Å². The van der Waals surface area contributed by atoms with Gasteiger partial charge >= 0.3 is 6.36 Å². The van der Waals surface area contributed by atoms with E-state index in [2.05, 4.69) is 20.1 Å². The summed E-state index contributed by atoms with van der Waals surface area (Å²) in [4.78, 5) is 8.27. The van der Waals surface area contributed by atoms with Gasteiger partial charge in [-0.3, -0.25) is 0 Å². The third-order valence-electron chi connectivity index (χ3n) is 2.64. The highest BCUT2D eigenvalue weighted by Crippen LogP contribution is 2.32. The molecule has 2 aromatic rings. The van der Waals surface area contributed by atoms with Crippen LogP contribution in [-0.2, 0) is 6.42 Å². The van der Waals surface area contributed by atoms with Crippen LogP contribution in [0.25, 0.3) is 11.4 Å². The molecule has 112 valence electrons. The van der Waals surface area contributed by atoms with Gasteiger partial charge < -0.3 is 10.2 Å². The van der Waals surface area contributed by atoms with Gasteiger partial charge in [0.05, 0.1) is 5.56 Å². The topological polar surface area (TPSA) is 73.1 Å². The molecule has 0 aliphatic carbocycles. The number of benzene rings is 1. The smallest absolute Gasteiger partial charge is 0.405 e. The summed E-state index contributed by atoms with van der Waals surface area (Å²) < 4.78 is 41.3. The van der Waals surface area contributed by atoms with Gasteiger partial charge in [0.1, 0.15) is 11.6 Å². The number of para-hydroxylation sites is 1. The number of nitrogens with one attached hydrogen (secondary N) is 1. The molecule has 0 bridgehead atoms. The number of nitrogen functional groups attached to an aromatic ring is 1. The second-order valence-corrected chi connectivity index (χ2v) is 4.11. The van der Waals surface area contributed by atoms with Crippen LogP contribution in [0.15, 0.2) is 30.3 Å². The van der Waals surface area contributed by atoms with Gasteiger partial charge in [-0.25, -0.2) is 15.8 Å². The van der Waals surface area contributed by atoms with Crippen LogP contribution in [0.2, 0.25) is 0 Å². The third kappa shape index (κ3) is 3.82. The predicted octanol–water partition coefficient (Wildman–Crippen LogP) is 2.89. The molecule has 0 radical (unpaired) electrons. The highest BCUT2D eigenvalue weighted by Gasteiger charge is 2.32. The van der Waals surface area contributed by atoms with Gasteiger partial charge in [-0.2, -0.15) is 0 Å². The van der Waals surface area contributed by atoms with E-state index in [0.29, 0.717) is 17.9 Å². The van der Waals surface area contributed by atoms with E-state index in [1.807, 2.05) is 6.92 Å². The SMILES string of the molecule is CCc1cc(NN)nc(-c2ccccc2OC(F)(F)F)n1. The molecule has 0 unspecified atom stereocenters. The average molecular weight is 298 g/mol. The minimum Gasteiger partial charge on any atom is -0.405 e. The van der Waals surface area contributed by atoms with E-state index in [-0.39, 0.29) is 17.1 Å². The number of alkyl halides is 3. The fourth-order valence-corrected chi connectivity index (χ4v) is 1.74. The number of nitrogens with zero attached hydrogens (tertiary/aromatic N) is 2. The summed E-state index contributed by atoms with van der Waals surface area (Å²) in [5.74, 6) is 5.38. The maximum atomic E-state index is 12.4. The first kappa shape index (κ1) is 15.0. The molecule has 5 nitrogen and oxygen atoms in total. The van der Waals surface area contributed by atoms with Gasteiger partial charge in [-0.15, -0.1) is 13.2 Å². The molecule has 0 amide bonds. The zero-order chi connectivity index (χ0) is 15.5. The number of rotatable bonds is 4. The van der Waals surface area contributed by atoms with Gasteiger partial charge in [0.25, 0.3) is 0 Å². The number of ether oxygens (including phenoxy) is 1. The van der Waals surface area contributed by atoms with Crippen molar-refractivity contribution < 1.29 is 17.9 Å². The summed E-state index contributed by atoms with van der Waals surface area (Å²) in [5.41, 5.74) is 3.15. The van der Waals surface area contributed by atoms with Crippen LogP contribution in [0.3, 0.4) is 0 Å². The van der Waals surface area contributed by atoms with Crippen molar-refractivity contribution in [3.8, 4) is 17.1 Å². The summed E-state index contributed by atoms with van der Waals surface area (Å²) >= 11 is 0. The van der Waals surface area contributed by atoms with E-state index < -0.39 is 6.36 Å². The van der Waals surface area contributed by atoms with Crippen LogP contribution in [0.1, 0.15) is 12.6 Å². The number of anilines is 1. The monoisotopic (exact) mass is 298 g/mol. The van der Waals surface area contributed by atoms with Crippen LogP contribution in [-0.4, -0.2) is 16.3 Å². The van der Waals surface area contributed by atoms with Crippen molar-refractivity contribution in [2.45, 2.75) is 19.7 Å². The van der Waals surface area contributed by atoms with Crippen LogP contribution >= 0.6 is 0 Å². The second kappa shape index (κ2) is 5.96. The van der Waals surface area contributed by atoms with Crippen molar-refractivity contribution in [3.63, 3.8) is 0 Å². The van der Waals surface area contributed by atoms with Crippen LogP contribution < -0.4 is 16.0 Å². The van der Waals surface area contributed by atoms with E-state index >= 15 is 0 Å². The Kier molecular flexibility index (Phi) is 4.27. The average Bonchev–Trinajstić information content (AvgIpc) is 2.45. The maximum Gasteiger partial charge on any atom is 0.573 e. The summed E-state index contributed by atoms with van der Waals surface area (Å²) in [6.45, 7) is 1.87. The third-order valence-corrected chi connectivity index (χ3v) is 2.64. The minimum absolute atomic E-state index is 0.113. The second-order valence-electron chi connectivity index (χ2n) is 4.11. The number of nitrogens with two attached hydrogens (primary N) is 1. The molecule has 0 aliphatic rings. The zero-order valence-electron chi connectivity index (χ0n) is 11.1. The molecule has 0 aliphatic heterocycles. The van der Waals surface area contributed by atoms with E-state index in [1.165, 1.54) is 18.2 Å². The molecule has 1 aromatic carbocycles. The quantitative estimate of drug-likeness (QED) is 0.670. The van der Waals surface area contributed by atoms with Crippen LogP contribution in [0.4, 0.5) is 19.0 Å². The molecule has 0 saturated heterocycles. The van der Waals surface area contributed by atoms with E-state index in [1.54, 1.807) is 12.1 Å². The van der Waals surface area contributed by atoms with Crippen molar-refractivity contribution in [3.05, 3.63) is 36.0 Å². The Morgan fingerprint density at radius 2 is 1.95 bits per heavy atom. The fraction of sp³-hybridized carbons (Fsp3) is 0.231. The lowest BCUT2D eigenvalue weighted by molar-refractivity contribution is -0.274. The Morgan fingerprint density at radius 1 is 1.24 bits per heavy atom. The van der Waals surface area contributed by atoms with Crippen molar-refractivity contribution in [2.75, 3.05) is 5.43 Å². The lowest BCUT2D eigenvalue weighted by atomic mass is 10.2.